The summed E-state index contributed by atoms with van der Waals surface area (Å²) in [6, 6.07) is 6.09. The van der Waals surface area contributed by atoms with Gasteiger partial charge in [0.15, 0.2) is 15.8 Å². The van der Waals surface area contributed by atoms with E-state index in [1.54, 1.807) is 20.9 Å². The summed E-state index contributed by atoms with van der Waals surface area (Å²) in [7, 11) is -1.52. The van der Waals surface area contributed by atoms with E-state index < -0.39 is 14.6 Å². The second kappa shape index (κ2) is 8.93. The van der Waals surface area contributed by atoms with Gasteiger partial charge < -0.3 is 20.1 Å². The van der Waals surface area contributed by atoms with E-state index >= 15 is 0 Å². The molecule has 0 saturated carbocycles. The van der Waals surface area contributed by atoms with Crippen LogP contribution in [0.2, 0.25) is 0 Å². The molecule has 0 amide bonds. The van der Waals surface area contributed by atoms with E-state index in [1.807, 2.05) is 25.1 Å². The number of hydrogen-bond donors (Lipinski definition) is 2. The minimum atomic E-state index is -3.18. The van der Waals surface area contributed by atoms with Crippen molar-refractivity contribution in [3.8, 4) is 5.75 Å². The zero-order valence-electron chi connectivity index (χ0n) is 16.8. The largest absolute Gasteiger partial charge is 0.488 e. The highest BCUT2D eigenvalue weighted by atomic mass is 32.2. The number of benzene rings is 1. The molecule has 2 rings (SSSR count). The molecular formula is C19H31N3O4S. The van der Waals surface area contributed by atoms with Crippen LogP contribution in [-0.2, 0) is 21.1 Å². The number of rotatable bonds is 7. The van der Waals surface area contributed by atoms with Gasteiger partial charge >= 0.3 is 0 Å². The summed E-state index contributed by atoms with van der Waals surface area (Å²) >= 11 is 0. The fraction of sp³-hybridized carbons (Fsp3) is 0.632. The van der Waals surface area contributed by atoms with Gasteiger partial charge in [0, 0.05) is 38.4 Å². The van der Waals surface area contributed by atoms with Gasteiger partial charge in [0.2, 0.25) is 0 Å². The van der Waals surface area contributed by atoms with Crippen molar-refractivity contribution < 1.29 is 17.9 Å². The first-order valence-corrected chi connectivity index (χ1v) is 11.0. The second-order valence-corrected chi connectivity index (χ2v) is 10.2. The number of sulfone groups is 1. The Hall–Kier alpha value is -1.80. The van der Waals surface area contributed by atoms with Gasteiger partial charge in [-0.3, -0.25) is 4.99 Å². The summed E-state index contributed by atoms with van der Waals surface area (Å²) in [5, 5.41) is 6.32. The first kappa shape index (κ1) is 21.5. The predicted molar refractivity (Wildman–Crippen MR) is 108 cm³/mol. The van der Waals surface area contributed by atoms with Gasteiger partial charge in [-0.05, 0) is 32.4 Å². The van der Waals surface area contributed by atoms with E-state index in [0.717, 1.165) is 29.9 Å². The molecular weight excluding hydrogens is 366 g/mol. The number of aryl methyl sites for hydroxylation is 1. The summed E-state index contributed by atoms with van der Waals surface area (Å²) in [6.45, 7) is 7.55. The quantitative estimate of drug-likeness (QED) is 0.537. The summed E-state index contributed by atoms with van der Waals surface area (Å²) in [5.74, 6) is 1.38. The van der Waals surface area contributed by atoms with Crippen molar-refractivity contribution in [2.75, 3.05) is 33.1 Å². The van der Waals surface area contributed by atoms with Crippen LogP contribution >= 0.6 is 0 Å². The zero-order valence-corrected chi connectivity index (χ0v) is 17.6. The smallest absolute Gasteiger partial charge is 0.191 e. The van der Waals surface area contributed by atoms with Crippen molar-refractivity contribution in [3.63, 3.8) is 0 Å². The lowest BCUT2D eigenvalue weighted by molar-refractivity contribution is 0.140. The van der Waals surface area contributed by atoms with Crippen LogP contribution < -0.4 is 15.4 Å². The van der Waals surface area contributed by atoms with Crippen molar-refractivity contribution in [3.05, 3.63) is 29.3 Å². The van der Waals surface area contributed by atoms with Crippen molar-refractivity contribution in [1.82, 2.24) is 10.6 Å². The molecule has 0 radical (unpaired) electrons. The van der Waals surface area contributed by atoms with Crippen molar-refractivity contribution in [2.24, 2.45) is 4.99 Å². The van der Waals surface area contributed by atoms with Crippen molar-refractivity contribution in [1.29, 1.82) is 0 Å². The Balaban J connectivity index is 1.99. The van der Waals surface area contributed by atoms with Crippen LogP contribution in [0.5, 0.6) is 5.75 Å². The van der Waals surface area contributed by atoms with Gasteiger partial charge in [0.05, 0.1) is 18.0 Å². The number of nitrogens with zero attached hydrogens (tertiary/aromatic N) is 1. The van der Waals surface area contributed by atoms with Crippen LogP contribution in [0, 0.1) is 6.92 Å². The molecule has 7 nitrogen and oxygen atoms in total. The Morgan fingerprint density at radius 2 is 2.11 bits per heavy atom. The van der Waals surface area contributed by atoms with Gasteiger partial charge in [-0.25, -0.2) is 8.42 Å². The highest BCUT2D eigenvalue weighted by Crippen LogP contribution is 2.23. The lowest BCUT2D eigenvalue weighted by atomic mass is 10.1. The van der Waals surface area contributed by atoms with Crippen LogP contribution in [0.3, 0.4) is 0 Å². The molecule has 0 spiro atoms. The highest BCUT2D eigenvalue weighted by Gasteiger charge is 2.30. The standard InChI is InChI=1S/C19H31N3O4S/c1-14-6-7-15(17(10-14)26-16-8-9-25-12-16)11-21-18(20-4)22-13-19(2,3)27(5,23)24/h6-7,10,16H,8-9,11-13H2,1-5H3,(H2,20,21,22). The second-order valence-electron chi connectivity index (χ2n) is 7.53. The molecule has 8 heteroatoms. The SMILES string of the molecule is CN=C(NCc1ccc(C)cc1OC1CCOC1)NCC(C)(C)S(C)(=O)=O. The fourth-order valence-electron chi connectivity index (χ4n) is 2.53. The molecule has 1 saturated heterocycles. The molecule has 1 aromatic carbocycles. The third kappa shape index (κ3) is 6.10. The Labute approximate surface area is 162 Å². The first-order valence-electron chi connectivity index (χ1n) is 9.10. The average molecular weight is 398 g/mol. The molecule has 2 N–H and O–H groups in total. The summed E-state index contributed by atoms with van der Waals surface area (Å²) in [6.07, 6.45) is 2.22. The molecule has 0 bridgehead atoms. The van der Waals surface area contributed by atoms with Gasteiger partial charge in [-0.2, -0.15) is 0 Å². The number of aliphatic imine (C=N–C) groups is 1. The fourth-order valence-corrected chi connectivity index (χ4v) is 2.86. The molecule has 1 aliphatic heterocycles. The summed E-state index contributed by atoms with van der Waals surface area (Å²) in [5.41, 5.74) is 2.14. The Morgan fingerprint density at radius 1 is 1.37 bits per heavy atom. The van der Waals surface area contributed by atoms with Gasteiger partial charge in [0.1, 0.15) is 11.9 Å². The number of hydrogen-bond acceptors (Lipinski definition) is 5. The monoisotopic (exact) mass is 397 g/mol. The third-order valence-corrected chi connectivity index (χ3v) is 6.91. The Bertz CT molecular complexity index is 769. The molecule has 1 aromatic rings. The molecule has 27 heavy (non-hydrogen) atoms. The van der Waals surface area contributed by atoms with E-state index in [2.05, 4.69) is 15.6 Å². The molecule has 1 unspecified atom stereocenters. The Morgan fingerprint density at radius 3 is 2.70 bits per heavy atom. The number of ether oxygens (including phenoxy) is 2. The topological polar surface area (TPSA) is 89.0 Å². The number of nitrogens with one attached hydrogen (secondary N) is 2. The maximum absolute atomic E-state index is 11.8. The maximum atomic E-state index is 11.8. The molecule has 1 aliphatic rings. The van der Waals surface area contributed by atoms with E-state index in [0.29, 0.717) is 19.1 Å². The highest BCUT2D eigenvalue weighted by molar-refractivity contribution is 7.92. The van der Waals surface area contributed by atoms with E-state index in [-0.39, 0.29) is 12.6 Å². The Kier molecular flexibility index (Phi) is 7.11. The zero-order chi connectivity index (χ0) is 20.1. The lowest BCUT2D eigenvalue weighted by Gasteiger charge is -2.24. The van der Waals surface area contributed by atoms with E-state index in [9.17, 15) is 8.42 Å². The van der Waals surface area contributed by atoms with Crippen LogP contribution in [0.25, 0.3) is 0 Å². The van der Waals surface area contributed by atoms with Crippen molar-refractivity contribution >= 4 is 15.8 Å². The summed E-state index contributed by atoms with van der Waals surface area (Å²) < 4.78 is 34.3. The minimum absolute atomic E-state index is 0.0820. The predicted octanol–water partition coefficient (Wildman–Crippen LogP) is 1.65. The van der Waals surface area contributed by atoms with Crippen LogP contribution in [0.15, 0.2) is 23.2 Å². The minimum Gasteiger partial charge on any atom is -0.488 e. The van der Waals surface area contributed by atoms with Crippen LogP contribution in [0.1, 0.15) is 31.4 Å². The molecule has 0 aromatic heterocycles. The van der Waals surface area contributed by atoms with Gasteiger partial charge in [-0.15, -0.1) is 0 Å². The molecule has 0 aliphatic carbocycles. The lowest BCUT2D eigenvalue weighted by Crippen LogP contribution is -2.47. The number of guanidine groups is 1. The van der Waals surface area contributed by atoms with Crippen LogP contribution in [0.4, 0.5) is 0 Å². The maximum Gasteiger partial charge on any atom is 0.191 e. The third-order valence-electron chi connectivity index (χ3n) is 4.76. The van der Waals surface area contributed by atoms with Crippen LogP contribution in [-0.4, -0.2) is 58.3 Å². The normalized spacial score (nSPS) is 18.4. The van der Waals surface area contributed by atoms with Gasteiger partial charge in [-0.1, -0.05) is 12.1 Å². The molecule has 1 fully saturated rings. The van der Waals surface area contributed by atoms with E-state index in [1.165, 1.54) is 6.26 Å². The van der Waals surface area contributed by atoms with Gasteiger partial charge in [0.25, 0.3) is 0 Å². The molecule has 152 valence electrons. The molecule has 1 atom stereocenters. The first-order chi connectivity index (χ1) is 12.6. The average Bonchev–Trinajstić information content (AvgIpc) is 3.08. The van der Waals surface area contributed by atoms with Crippen molar-refractivity contribution in [2.45, 2.75) is 44.6 Å². The van der Waals surface area contributed by atoms with E-state index in [4.69, 9.17) is 9.47 Å². The molecule has 1 heterocycles. The summed E-state index contributed by atoms with van der Waals surface area (Å²) in [4.78, 5) is 4.18.